The first-order chi connectivity index (χ1) is 10.0. The summed E-state index contributed by atoms with van der Waals surface area (Å²) in [5.41, 5.74) is 0.632. The number of halogens is 2. The molecule has 1 aliphatic rings. The third kappa shape index (κ3) is 2.37. The minimum atomic E-state index is -0.593. The van der Waals surface area contributed by atoms with E-state index in [1.807, 2.05) is 12.1 Å². The van der Waals surface area contributed by atoms with Crippen LogP contribution in [0.5, 0.6) is 0 Å². The first kappa shape index (κ1) is 14.6. The van der Waals surface area contributed by atoms with Crippen LogP contribution in [0, 0.1) is 0 Å². The fraction of sp³-hybridized carbons (Fsp3) is 0.200. The first-order valence-corrected chi connectivity index (χ1v) is 8.02. The maximum atomic E-state index is 12.2. The highest BCUT2D eigenvalue weighted by molar-refractivity contribution is 7.12. The van der Waals surface area contributed by atoms with Crippen LogP contribution in [-0.4, -0.2) is 11.7 Å². The predicted molar refractivity (Wildman–Crippen MR) is 85.7 cm³/mol. The number of hydrogen-bond donors (Lipinski definition) is 0. The number of amides is 1. The zero-order valence-electron chi connectivity index (χ0n) is 11.2. The molecule has 0 bridgehead atoms. The van der Waals surface area contributed by atoms with Crippen LogP contribution in [0.1, 0.15) is 27.0 Å². The quantitative estimate of drug-likeness (QED) is 0.779. The van der Waals surface area contributed by atoms with Gasteiger partial charge in [-0.25, -0.2) is 0 Å². The normalized spacial score (nSPS) is 14.0. The summed E-state index contributed by atoms with van der Waals surface area (Å²) in [6.45, 7) is 2.41. The van der Waals surface area contributed by atoms with E-state index in [0.29, 0.717) is 17.3 Å². The van der Waals surface area contributed by atoms with Gasteiger partial charge in [0, 0.05) is 9.75 Å². The van der Waals surface area contributed by atoms with Crippen molar-refractivity contribution in [1.82, 2.24) is 0 Å². The Hall–Kier alpha value is -1.36. The Kier molecular flexibility index (Phi) is 3.78. The molecule has 3 nitrogen and oxygen atoms in total. The summed E-state index contributed by atoms with van der Waals surface area (Å²) < 4.78 is 0. The number of aryl methyl sites for hydroxylation is 1. The number of ketones is 1. The molecule has 0 atom stereocenters. The Morgan fingerprint density at radius 3 is 2.38 bits per heavy atom. The van der Waals surface area contributed by atoms with Gasteiger partial charge < -0.3 is 0 Å². The molecular weight excluding hydrogens is 329 g/mol. The van der Waals surface area contributed by atoms with Crippen molar-refractivity contribution in [3.8, 4) is 0 Å². The highest BCUT2D eigenvalue weighted by atomic mass is 35.5. The van der Waals surface area contributed by atoms with Gasteiger partial charge in [-0.3, -0.25) is 14.5 Å². The summed E-state index contributed by atoms with van der Waals surface area (Å²) in [5.74, 6) is -1.17. The largest absolute Gasteiger partial charge is 0.299 e. The summed E-state index contributed by atoms with van der Waals surface area (Å²) in [6.07, 6.45) is 0.945. The van der Waals surface area contributed by atoms with Crippen LogP contribution in [0.25, 0.3) is 0 Å². The molecule has 0 saturated carbocycles. The molecule has 1 aromatic heterocycles. The second-order valence-corrected chi connectivity index (χ2v) is 6.76. The number of carbonyl (C=O) groups is 2. The molecule has 21 heavy (non-hydrogen) atoms. The smallest absolute Gasteiger partial charge is 0.298 e. The summed E-state index contributed by atoms with van der Waals surface area (Å²) in [4.78, 5) is 28.0. The number of carbonyl (C=O) groups excluding carboxylic acids is 2. The van der Waals surface area contributed by atoms with Crippen molar-refractivity contribution in [3.05, 3.63) is 49.6 Å². The molecule has 0 spiro atoms. The number of hydrogen-bond acceptors (Lipinski definition) is 3. The third-order valence-electron chi connectivity index (χ3n) is 3.39. The van der Waals surface area contributed by atoms with Crippen LogP contribution in [-0.2, 0) is 17.8 Å². The zero-order valence-corrected chi connectivity index (χ0v) is 13.5. The number of anilines is 1. The van der Waals surface area contributed by atoms with E-state index < -0.39 is 11.7 Å². The number of nitrogens with zero attached hydrogens (tertiary/aromatic N) is 1. The maximum Gasteiger partial charge on any atom is 0.299 e. The number of thiophene rings is 1. The summed E-state index contributed by atoms with van der Waals surface area (Å²) in [6, 6.07) is 7.14. The Morgan fingerprint density at radius 1 is 1.05 bits per heavy atom. The van der Waals surface area contributed by atoms with Gasteiger partial charge in [-0.05, 0) is 30.7 Å². The fourth-order valence-electron chi connectivity index (χ4n) is 2.36. The van der Waals surface area contributed by atoms with Crippen molar-refractivity contribution in [2.75, 3.05) is 4.90 Å². The molecular formula is C15H11Cl2NO2S. The lowest BCUT2D eigenvalue weighted by Gasteiger charge is -2.16. The van der Waals surface area contributed by atoms with Crippen molar-refractivity contribution < 1.29 is 9.59 Å². The molecule has 0 radical (unpaired) electrons. The van der Waals surface area contributed by atoms with Crippen LogP contribution in [0.4, 0.5) is 5.69 Å². The van der Waals surface area contributed by atoms with Gasteiger partial charge in [-0.15, -0.1) is 11.3 Å². The standard InChI is InChI=1S/C15H11Cl2NO2S/c1-2-8-3-4-9(21-8)7-18-13-11(17)6-5-10(16)12(13)14(19)15(18)20/h3-6H,2,7H2,1H3. The van der Waals surface area contributed by atoms with E-state index in [1.165, 1.54) is 15.8 Å². The molecule has 2 heterocycles. The Morgan fingerprint density at radius 2 is 1.71 bits per heavy atom. The number of benzene rings is 1. The van der Waals surface area contributed by atoms with Crippen LogP contribution in [0.15, 0.2) is 24.3 Å². The SMILES string of the molecule is CCc1ccc(CN2C(=O)C(=O)c3c(Cl)ccc(Cl)c32)s1. The lowest BCUT2D eigenvalue weighted by Crippen LogP contribution is -2.28. The number of fused-ring (bicyclic) bond motifs is 1. The fourth-order valence-corrected chi connectivity index (χ4v) is 3.80. The molecule has 1 aliphatic heterocycles. The summed E-state index contributed by atoms with van der Waals surface area (Å²) in [7, 11) is 0. The molecule has 108 valence electrons. The summed E-state index contributed by atoms with van der Waals surface area (Å²) in [5, 5.41) is 0.622. The van der Waals surface area contributed by atoms with Gasteiger partial charge in [0.2, 0.25) is 0 Å². The van der Waals surface area contributed by atoms with Crippen molar-refractivity contribution in [1.29, 1.82) is 0 Å². The Bertz CT molecular complexity index is 754. The molecule has 2 aromatic rings. The van der Waals surface area contributed by atoms with Gasteiger partial charge in [0.1, 0.15) is 0 Å². The topological polar surface area (TPSA) is 37.4 Å². The van der Waals surface area contributed by atoms with Crippen molar-refractivity contribution in [2.24, 2.45) is 0 Å². The lowest BCUT2D eigenvalue weighted by molar-refractivity contribution is -0.114. The molecule has 1 amide bonds. The number of rotatable bonds is 3. The number of Topliss-reactive ketones (excluding diaryl/α,β-unsaturated/α-hetero) is 1. The molecule has 1 aromatic carbocycles. The van der Waals surface area contributed by atoms with Gasteiger partial charge in [-0.1, -0.05) is 30.1 Å². The molecule has 6 heteroatoms. The van der Waals surface area contributed by atoms with Crippen LogP contribution in [0.2, 0.25) is 10.0 Å². The molecule has 0 aliphatic carbocycles. The Balaban J connectivity index is 2.03. The summed E-state index contributed by atoms with van der Waals surface area (Å²) >= 11 is 13.8. The van der Waals surface area contributed by atoms with Gasteiger partial charge in [0.05, 0.1) is 27.8 Å². The maximum absolute atomic E-state index is 12.2. The Labute approximate surface area is 136 Å². The molecule has 0 unspecified atom stereocenters. The van der Waals surface area contributed by atoms with Gasteiger partial charge in [-0.2, -0.15) is 0 Å². The van der Waals surface area contributed by atoms with Gasteiger partial charge in [0.25, 0.3) is 11.7 Å². The predicted octanol–water partition coefficient (Wildman–Crippen LogP) is 4.35. The van der Waals surface area contributed by atoms with E-state index in [4.69, 9.17) is 23.2 Å². The average molecular weight is 340 g/mol. The average Bonchev–Trinajstić information content (AvgIpc) is 3.02. The van der Waals surface area contributed by atoms with E-state index in [-0.39, 0.29) is 10.6 Å². The highest BCUT2D eigenvalue weighted by Gasteiger charge is 2.39. The molecule has 0 fully saturated rings. The van der Waals surface area contributed by atoms with Crippen LogP contribution < -0.4 is 4.90 Å². The van der Waals surface area contributed by atoms with Crippen LogP contribution in [0.3, 0.4) is 0 Å². The van der Waals surface area contributed by atoms with E-state index in [0.717, 1.165) is 11.3 Å². The van der Waals surface area contributed by atoms with Crippen molar-refractivity contribution in [3.63, 3.8) is 0 Å². The van der Waals surface area contributed by atoms with E-state index in [1.54, 1.807) is 17.4 Å². The van der Waals surface area contributed by atoms with Gasteiger partial charge >= 0.3 is 0 Å². The van der Waals surface area contributed by atoms with Gasteiger partial charge in [0.15, 0.2) is 0 Å². The minimum absolute atomic E-state index is 0.210. The monoisotopic (exact) mass is 339 g/mol. The molecule has 0 N–H and O–H groups in total. The van der Waals surface area contributed by atoms with E-state index in [2.05, 4.69) is 6.92 Å². The van der Waals surface area contributed by atoms with Crippen molar-refractivity contribution in [2.45, 2.75) is 19.9 Å². The second kappa shape index (κ2) is 5.44. The van der Waals surface area contributed by atoms with Crippen LogP contribution >= 0.6 is 34.5 Å². The second-order valence-electron chi connectivity index (χ2n) is 4.69. The zero-order chi connectivity index (χ0) is 15.1. The van der Waals surface area contributed by atoms with E-state index >= 15 is 0 Å². The van der Waals surface area contributed by atoms with Crippen molar-refractivity contribution >= 4 is 51.9 Å². The molecule has 0 saturated heterocycles. The van der Waals surface area contributed by atoms with E-state index in [9.17, 15) is 9.59 Å². The third-order valence-corrected chi connectivity index (χ3v) is 5.23. The molecule has 3 rings (SSSR count). The lowest BCUT2D eigenvalue weighted by atomic mass is 10.1. The highest BCUT2D eigenvalue weighted by Crippen LogP contribution is 2.41. The minimum Gasteiger partial charge on any atom is -0.298 e. The first-order valence-electron chi connectivity index (χ1n) is 6.44.